The number of amides is 1. The van der Waals surface area contributed by atoms with Crippen molar-refractivity contribution in [3.8, 4) is 0 Å². The van der Waals surface area contributed by atoms with Crippen molar-refractivity contribution in [3.05, 3.63) is 59.8 Å². The van der Waals surface area contributed by atoms with Gasteiger partial charge in [-0.05, 0) is 67.6 Å². The second kappa shape index (κ2) is 7.80. The van der Waals surface area contributed by atoms with Gasteiger partial charge in [-0.3, -0.25) is 9.10 Å². The van der Waals surface area contributed by atoms with Gasteiger partial charge in [-0.25, -0.2) is 8.42 Å². The molecule has 1 aliphatic heterocycles. The van der Waals surface area contributed by atoms with E-state index in [-0.39, 0.29) is 16.8 Å². The highest BCUT2D eigenvalue weighted by molar-refractivity contribution is 7.92. The van der Waals surface area contributed by atoms with Gasteiger partial charge in [0.05, 0.1) is 10.6 Å². The summed E-state index contributed by atoms with van der Waals surface area (Å²) in [5, 5.41) is 3.75. The van der Waals surface area contributed by atoms with Crippen LogP contribution in [0, 0.1) is 5.92 Å². The standard InChI is InChI=1S/C23H27N3O3S/c1-15(2)12-16(3)26(19-5-7-22-18(13-19)9-10-24-22)30(28,29)20-6-4-17-8-11-25-23(27)21(17)14-20/h4-7,9-10,13-16,24H,8,11-12H2,1-3H3,(H,25,27). The number of carbonyl (C=O) groups excluding carboxylic acids is 1. The Kier molecular flexibility index (Phi) is 5.32. The van der Waals surface area contributed by atoms with E-state index in [0.717, 1.165) is 22.9 Å². The second-order valence-corrected chi connectivity index (χ2v) is 10.2. The first-order valence-corrected chi connectivity index (χ1v) is 11.7. The molecule has 30 heavy (non-hydrogen) atoms. The molecule has 3 aromatic rings. The number of nitrogens with one attached hydrogen (secondary N) is 2. The third kappa shape index (κ3) is 3.69. The van der Waals surface area contributed by atoms with Crippen LogP contribution < -0.4 is 9.62 Å². The van der Waals surface area contributed by atoms with Gasteiger partial charge in [-0.1, -0.05) is 19.9 Å². The first-order valence-electron chi connectivity index (χ1n) is 10.3. The number of nitrogens with zero attached hydrogens (tertiary/aromatic N) is 1. The molecule has 4 rings (SSSR count). The van der Waals surface area contributed by atoms with Crippen LogP contribution in [0.3, 0.4) is 0 Å². The molecule has 1 aliphatic rings. The summed E-state index contributed by atoms with van der Waals surface area (Å²) in [5.74, 6) is 0.117. The summed E-state index contributed by atoms with van der Waals surface area (Å²) in [5.41, 5.74) is 2.91. The number of hydrogen-bond acceptors (Lipinski definition) is 3. The molecule has 6 nitrogen and oxygen atoms in total. The smallest absolute Gasteiger partial charge is 0.264 e. The van der Waals surface area contributed by atoms with Crippen molar-refractivity contribution in [3.63, 3.8) is 0 Å². The Morgan fingerprint density at radius 3 is 2.63 bits per heavy atom. The molecule has 0 bridgehead atoms. The average Bonchev–Trinajstić information content (AvgIpc) is 3.15. The van der Waals surface area contributed by atoms with Gasteiger partial charge < -0.3 is 10.3 Å². The Labute approximate surface area is 177 Å². The number of anilines is 1. The summed E-state index contributed by atoms with van der Waals surface area (Å²) in [6, 6.07) is 12.2. The number of rotatable bonds is 6. The highest BCUT2D eigenvalue weighted by atomic mass is 32.2. The zero-order valence-electron chi connectivity index (χ0n) is 17.5. The molecule has 0 aliphatic carbocycles. The summed E-state index contributed by atoms with van der Waals surface area (Å²) in [6.45, 7) is 6.68. The van der Waals surface area contributed by atoms with Crippen LogP contribution in [-0.2, 0) is 16.4 Å². The number of fused-ring (bicyclic) bond motifs is 2. The molecular formula is C23H27N3O3S. The summed E-state index contributed by atoms with van der Waals surface area (Å²) in [4.78, 5) is 15.6. The van der Waals surface area contributed by atoms with E-state index in [0.29, 0.717) is 30.1 Å². The minimum Gasteiger partial charge on any atom is -0.361 e. The molecule has 1 atom stereocenters. The zero-order valence-corrected chi connectivity index (χ0v) is 18.3. The van der Waals surface area contributed by atoms with Crippen LogP contribution in [0.2, 0.25) is 0 Å². The minimum atomic E-state index is -3.86. The van der Waals surface area contributed by atoms with E-state index < -0.39 is 10.0 Å². The third-order valence-corrected chi connectivity index (χ3v) is 7.51. The zero-order chi connectivity index (χ0) is 21.5. The molecule has 2 N–H and O–H groups in total. The summed E-state index contributed by atoms with van der Waals surface area (Å²) in [6.07, 6.45) is 3.27. The lowest BCUT2D eigenvalue weighted by Crippen LogP contribution is -2.40. The molecule has 158 valence electrons. The quantitative estimate of drug-likeness (QED) is 0.624. The highest BCUT2D eigenvalue weighted by Gasteiger charge is 2.31. The van der Waals surface area contributed by atoms with Gasteiger partial charge in [-0.15, -0.1) is 0 Å². The molecule has 1 aromatic heterocycles. The Morgan fingerprint density at radius 1 is 1.07 bits per heavy atom. The van der Waals surface area contributed by atoms with E-state index in [1.54, 1.807) is 12.1 Å². The number of carbonyl (C=O) groups is 1. The second-order valence-electron chi connectivity index (χ2n) is 8.35. The Bertz CT molecular complexity index is 1200. The van der Waals surface area contributed by atoms with Gasteiger partial charge in [-0.2, -0.15) is 0 Å². The van der Waals surface area contributed by atoms with Crippen LogP contribution in [0.15, 0.2) is 53.6 Å². The lowest BCUT2D eigenvalue weighted by atomic mass is 10.0. The van der Waals surface area contributed by atoms with E-state index in [1.165, 1.54) is 10.4 Å². The average molecular weight is 426 g/mol. The molecule has 7 heteroatoms. The van der Waals surface area contributed by atoms with Gasteiger partial charge in [0.2, 0.25) is 0 Å². The molecule has 0 spiro atoms. The topological polar surface area (TPSA) is 82.3 Å². The highest BCUT2D eigenvalue weighted by Crippen LogP contribution is 2.32. The summed E-state index contributed by atoms with van der Waals surface area (Å²) < 4.78 is 29.1. The van der Waals surface area contributed by atoms with Gasteiger partial charge in [0, 0.05) is 35.2 Å². The van der Waals surface area contributed by atoms with Crippen molar-refractivity contribution in [1.29, 1.82) is 0 Å². The number of aromatic amines is 1. The Morgan fingerprint density at radius 2 is 1.87 bits per heavy atom. The van der Waals surface area contributed by atoms with E-state index in [4.69, 9.17) is 0 Å². The summed E-state index contributed by atoms with van der Waals surface area (Å²) >= 11 is 0. The van der Waals surface area contributed by atoms with E-state index in [2.05, 4.69) is 24.1 Å². The maximum absolute atomic E-state index is 13.8. The maximum Gasteiger partial charge on any atom is 0.264 e. The molecule has 0 fully saturated rings. The van der Waals surface area contributed by atoms with Crippen LogP contribution in [0.4, 0.5) is 5.69 Å². The van der Waals surface area contributed by atoms with Gasteiger partial charge in [0.25, 0.3) is 15.9 Å². The Hall–Kier alpha value is -2.80. The lowest BCUT2D eigenvalue weighted by molar-refractivity contribution is 0.0945. The van der Waals surface area contributed by atoms with Crippen molar-refractivity contribution >= 4 is 32.5 Å². The molecule has 0 saturated carbocycles. The van der Waals surface area contributed by atoms with Crippen molar-refractivity contribution in [2.45, 2.75) is 44.6 Å². The van der Waals surface area contributed by atoms with Crippen molar-refractivity contribution in [1.82, 2.24) is 10.3 Å². The summed E-state index contributed by atoms with van der Waals surface area (Å²) in [7, 11) is -3.86. The first kappa shape index (κ1) is 20.5. The van der Waals surface area contributed by atoms with E-state index in [9.17, 15) is 13.2 Å². The fraction of sp³-hybridized carbons (Fsp3) is 0.348. The fourth-order valence-corrected chi connectivity index (χ4v) is 5.94. The number of H-pyrrole nitrogens is 1. The predicted molar refractivity (Wildman–Crippen MR) is 119 cm³/mol. The number of hydrogen-bond donors (Lipinski definition) is 2. The van der Waals surface area contributed by atoms with Crippen molar-refractivity contribution in [2.24, 2.45) is 5.92 Å². The van der Waals surface area contributed by atoms with Gasteiger partial charge >= 0.3 is 0 Å². The van der Waals surface area contributed by atoms with E-state index in [1.807, 2.05) is 37.4 Å². The van der Waals surface area contributed by atoms with Crippen LogP contribution in [0.25, 0.3) is 10.9 Å². The predicted octanol–water partition coefficient (Wildman–Crippen LogP) is 4.08. The molecule has 0 saturated heterocycles. The number of aromatic nitrogens is 1. The largest absolute Gasteiger partial charge is 0.361 e. The van der Waals surface area contributed by atoms with Crippen LogP contribution >= 0.6 is 0 Å². The first-order chi connectivity index (χ1) is 14.3. The molecule has 1 unspecified atom stereocenters. The molecule has 0 radical (unpaired) electrons. The van der Waals surface area contributed by atoms with Crippen molar-refractivity contribution in [2.75, 3.05) is 10.8 Å². The van der Waals surface area contributed by atoms with E-state index >= 15 is 0 Å². The Balaban J connectivity index is 1.83. The third-order valence-electron chi connectivity index (χ3n) is 5.57. The number of sulfonamides is 1. The normalized spacial score (nSPS) is 15.1. The molecule has 1 amide bonds. The fourth-order valence-electron chi connectivity index (χ4n) is 4.25. The maximum atomic E-state index is 13.8. The van der Waals surface area contributed by atoms with Gasteiger partial charge in [0.1, 0.15) is 0 Å². The van der Waals surface area contributed by atoms with Crippen LogP contribution in [-0.4, -0.2) is 31.9 Å². The van der Waals surface area contributed by atoms with Gasteiger partial charge in [0.15, 0.2) is 0 Å². The minimum absolute atomic E-state index is 0.142. The van der Waals surface area contributed by atoms with Crippen molar-refractivity contribution < 1.29 is 13.2 Å². The van der Waals surface area contributed by atoms with Crippen LogP contribution in [0.1, 0.15) is 43.1 Å². The SMILES string of the molecule is CC(C)CC(C)N(c1ccc2[nH]ccc2c1)S(=O)(=O)c1ccc2c(c1)C(=O)NCC2. The lowest BCUT2D eigenvalue weighted by Gasteiger charge is -2.32. The monoisotopic (exact) mass is 425 g/mol. The van der Waals surface area contributed by atoms with Crippen LogP contribution in [0.5, 0.6) is 0 Å². The molecular weight excluding hydrogens is 398 g/mol. The number of benzene rings is 2. The molecule has 2 aromatic carbocycles. The molecule has 2 heterocycles.